The van der Waals surface area contributed by atoms with Crippen molar-refractivity contribution in [1.82, 2.24) is 16.3 Å². The van der Waals surface area contributed by atoms with Crippen LogP contribution in [0, 0.1) is 0 Å². The Labute approximate surface area is 164 Å². The number of ether oxygens (including phenoxy) is 1. The summed E-state index contributed by atoms with van der Waals surface area (Å²) in [5.41, 5.74) is 10.6. The maximum absolute atomic E-state index is 12.3. The summed E-state index contributed by atoms with van der Waals surface area (Å²) in [6, 6.07) is 14.2. The fraction of sp³-hybridized carbons (Fsp3) is 0.333. The van der Waals surface area contributed by atoms with Crippen molar-refractivity contribution in [3.8, 4) is 11.5 Å². The van der Waals surface area contributed by atoms with E-state index < -0.39 is 0 Å². The van der Waals surface area contributed by atoms with Gasteiger partial charge in [-0.1, -0.05) is 25.5 Å². The molecule has 2 aromatic rings. The molecule has 3 rings (SSSR count). The van der Waals surface area contributed by atoms with Crippen LogP contribution in [0.4, 0.5) is 0 Å². The molecular formula is C21H26N4O3. The Hall–Kier alpha value is -2.90. The monoisotopic (exact) mass is 382 g/mol. The highest BCUT2D eigenvalue weighted by molar-refractivity contribution is 5.85. The van der Waals surface area contributed by atoms with E-state index in [0.717, 1.165) is 36.3 Å². The van der Waals surface area contributed by atoms with Gasteiger partial charge in [0.05, 0.1) is 12.8 Å². The summed E-state index contributed by atoms with van der Waals surface area (Å²) >= 11 is 0. The van der Waals surface area contributed by atoms with Crippen LogP contribution in [0.3, 0.4) is 0 Å². The van der Waals surface area contributed by atoms with Crippen LogP contribution in [0.5, 0.6) is 11.5 Å². The number of benzene rings is 2. The van der Waals surface area contributed by atoms with Gasteiger partial charge in [0, 0.05) is 6.04 Å². The predicted octanol–water partition coefficient (Wildman–Crippen LogP) is 2.63. The number of carbonyl (C=O) groups excluding carboxylic acids is 1. The van der Waals surface area contributed by atoms with E-state index in [4.69, 9.17) is 4.74 Å². The predicted molar refractivity (Wildman–Crippen MR) is 108 cm³/mol. The number of amides is 1. The first-order valence-corrected chi connectivity index (χ1v) is 9.51. The molecule has 28 heavy (non-hydrogen) atoms. The molecule has 0 aromatic heterocycles. The minimum atomic E-state index is -0.373. The van der Waals surface area contributed by atoms with Crippen LogP contribution in [0.25, 0.3) is 0 Å². The number of hydrazine groups is 1. The Morgan fingerprint density at radius 1 is 1.21 bits per heavy atom. The van der Waals surface area contributed by atoms with Crippen LogP contribution >= 0.6 is 0 Å². The molecular weight excluding hydrogens is 356 g/mol. The highest BCUT2D eigenvalue weighted by atomic mass is 16.5. The van der Waals surface area contributed by atoms with E-state index in [9.17, 15) is 9.90 Å². The number of rotatable bonds is 8. The number of phenols is 1. The van der Waals surface area contributed by atoms with Crippen molar-refractivity contribution in [3.63, 3.8) is 0 Å². The highest BCUT2D eigenvalue weighted by Crippen LogP contribution is 2.24. The molecule has 0 bridgehead atoms. The summed E-state index contributed by atoms with van der Waals surface area (Å²) in [7, 11) is 0. The number of carbonyl (C=O) groups is 1. The van der Waals surface area contributed by atoms with Crippen LogP contribution in [-0.2, 0) is 4.79 Å². The van der Waals surface area contributed by atoms with Gasteiger partial charge < -0.3 is 9.84 Å². The fourth-order valence-electron chi connectivity index (χ4n) is 2.89. The van der Waals surface area contributed by atoms with Gasteiger partial charge in [-0.05, 0) is 60.4 Å². The number of phenolic OH excluding ortho intramolecular Hbond substituents is 1. The van der Waals surface area contributed by atoms with E-state index in [0.29, 0.717) is 6.42 Å². The molecule has 2 aromatic carbocycles. The lowest BCUT2D eigenvalue weighted by atomic mass is 10.0. The first-order valence-electron chi connectivity index (χ1n) is 9.51. The topological polar surface area (TPSA) is 95.0 Å². The van der Waals surface area contributed by atoms with Crippen molar-refractivity contribution in [1.29, 1.82) is 0 Å². The lowest BCUT2D eigenvalue weighted by Gasteiger charge is -2.11. The zero-order valence-corrected chi connectivity index (χ0v) is 15.9. The molecule has 1 amide bonds. The van der Waals surface area contributed by atoms with Crippen LogP contribution in [-0.4, -0.2) is 29.9 Å². The Morgan fingerprint density at radius 2 is 1.96 bits per heavy atom. The van der Waals surface area contributed by atoms with Gasteiger partial charge in [0.1, 0.15) is 17.5 Å². The van der Waals surface area contributed by atoms with E-state index in [1.165, 1.54) is 6.21 Å². The van der Waals surface area contributed by atoms with Crippen LogP contribution < -0.4 is 21.0 Å². The van der Waals surface area contributed by atoms with Crippen LogP contribution in [0.2, 0.25) is 0 Å². The first kappa shape index (κ1) is 19.9. The Bertz CT molecular complexity index is 790. The third-order valence-corrected chi connectivity index (χ3v) is 4.55. The van der Waals surface area contributed by atoms with E-state index in [1.807, 2.05) is 24.3 Å². The zero-order valence-electron chi connectivity index (χ0n) is 15.9. The van der Waals surface area contributed by atoms with Crippen molar-refractivity contribution < 1.29 is 14.6 Å². The second-order valence-electron chi connectivity index (χ2n) is 6.73. The number of hydrogen-bond donors (Lipinski definition) is 4. The lowest BCUT2D eigenvalue weighted by Crippen LogP contribution is -2.41. The van der Waals surface area contributed by atoms with Crippen molar-refractivity contribution in [3.05, 3.63) is 59.7 Å². The molecule has 1 fully saturated rings. The molecule has 0 radical (unpaired) electrons. The molecule has 2 unspecified atom stereocenters. The summed E-state index contributed by atoms with van der Waals surface area (Å²) < 4.78 is 5.68. The minimum absolute atomic E-state index is 0.0431. The van der Waals surface area contributed by atoms with Crippen molar-refractivity contribution in [2.24, 2.45) is 5.10 Å². The molecule has 1 aliphatic rings. The van der Waals surface area contributed by atoms with Crippen LogP contribution in [0.15, 0.2) is 53.6 Å². The SMILES string of the molecule is CCCCOc1ccc(C2CC(C(=O)N/N=C/c3ccc(O)cc3)NN2)cc1. The fourth-order valence-corrected chi connectivity index (χ4v) is 2.89. The van der Waals surface area contributed by atoms with E-state index >= 15 is 0 Å². The molecule has 0 aliphatic carbocycles. The molecule has 1 saturated heterocycles. The lowest BCUT2D eigenvalue weighted by molar-refractivity contribution is -0.122. The molecule has 4 N–H and O–H groups in total. The average molecular weight is 382 g/mol. The van der Waals surface area contributed by atoms with Gasteiger partial charge in [0.25, 0.3) is 5.91 Å². The third-order valence-electron chi connectivity index (χ3n) is 4.55. The number of hydrazone groups is 1. The molecule has 1 heterocycles. The molecule has 2 atom stereocenters. The van der Waals surface area contributed by atoms with E-state index in [2.05, 4.69) is 28.3 Å². The second kappa shape index (κ2) is 9.87. The van der Waals surface area contributed by atoms with Gasteiger partial charge >= 0.3 is 0 Å². The Morgan fingerprint density at radius 3 is 2.68 bits per heavy atom. The summed E-state index contributed by atoms with van der Waals surface area (Å²) in [6.45, 7) is 2.86. The van der Waals surface area contributed by atoms with Gasteiger partial charge in [0.15, 0.2) is 0 Å². The average Bonchev–Trinajstić information content (AvgIpc) is 3.20. The smallest absolute Gasteiger partial charge is 0.258 e. The standard InChI is InChI=1S/C21H26N4O3/c1-2-3-12-28-18-10-6-16(7-11-18)19-13-20(24-23-19)21(27)25-22-14-15-4-8-17(26)9-5-15/h4-11,14,19-20,23-24,26H,2-3,12-13H2,1H3,(H,25,27)/b22-14+. The Balaban J connectivity index is 1.47. The van der Waals surface area contributed by atoms with Crippen molar-refractivity contribution >= 4 is 12.1 Å². The van der Waals surface area contributed by atoms with E-state index in [-0.39, 0.29) is 23.7 Å². The van der Waals surface area contributed by atoms with Gasteiger partial charge in [-0.25, -0.2) is 16.3 Å². The summed E-state index contributed by atoms with van der Waals surface area (Å²) in [5.74, 6) is 0.847. The maximum atomic E-state index is 12.3. The summed E-state index contributed by atoms with van der Waals surface area (Å²) in [4.78, 5) is 12.3. The minimum Gasteiger partial charge on any atom is -0.508 e. The van der Waals surface area contributed by atoms with Gasteiger partial charge in [-0.3, -0.25) is 4.79 Å². The molecule has 7 nitrogen and oxygen atoms in total. The van der Waals surface area contributed by atoms with Gasteiger partial charge in [0.2, 0.25) is 0 Å². The Kier molecular flexibility index (Phi) is 7.00. The second-order valence-corrected chi connectivity index (χ2v) is 6.73. The third kappa shape index (κ3) is 5.55. The summed E-state index contributed by atoms with van der Waals surface area (Å²) in [6.07, 6.45) is 4.31. The quantitative estimate of drug-likeness (QED) is 0.320. The zero-order chi connectivity index (χ0) is 19.8. The first-order chi connectivity index (χ1) is 13.7. The summed E-state index contributed by atoms with van der Waals surface area (Å²) in [5, 5.41) is 13.2. The number of nitrogens with one attached hydrogen (secondary N) is 3. The van der Waals surface area contributed by atoms with Gasteiger partial charge in [-0.15, -0.1) is 0 Å². The van der Waals surface area contributed by atoms with E-state index in [1.54, 1.807) is 24.3 Å². The van der Waals surface area contributed by atoms with Crippen molar-refractivity contribution in [2.75, 3.05) is 6.61 Å². The number of aromatic hydroxyl groups is 1. The number of unbranched alkanes of at least 4 members (excludes halogenated alkanes) is 1. The molecule has 1 aliphatic heterocycles. The molecule has 0 spiro atoms. The highest BCUT2D eigenvalue weighted by Gasteiger charge is 2.30. The largest absolute Gasteiger partial charge is 0.508 e. The van der Waals surface area contributed by atoms with Crippen molar-refractivity contribution in [2.45, 2.75) is 38.3 Å². The number of nitrogens with zero attached hydrogens (tertiary/aromatic N) is 1. The molecule has 0 saturated carbocycles. The van der Waals surface area contributed by atoms with Crippen LogP contribution in [0.1, 0.15) is 43.4 Å². The normalized spacial score (nSPS) is 19.0. The molecule has 7 heteroatoms. The van der Waals surface area contributed by atoms with Gasteiger partial charge in [-0.2, -0.15) is 5.10 Å². The molecule has 148 valence electrons. The maximum Gasteiger partial charge on any atom is 0.258 e. The number of hydrogen-bond acceptors (Lipinski definition) is 6.